The topological polar surface area (TPSA) is 49.4 Å². The van der Waals surface area contributed by atoms with Gasteiger partial charge in [0.15, 0.2) is 0 Å². The molecule has 5 heteroatoms. The van der Waals surface area contributed by atoms with Gasteiger partial charge in [0.05, 0.1) is 0 Å². The Bertz CT molecular complexity index is 272. The Morgan fingerprint density at radius 3 is 2.42 bits per heavy atom. The molecular weight excluding hydrogens is 244 g/mol. The highest BCUT2D eigenvalue weighted by molar-refractivity contribution is 9.08. The fourth-order valence-corrected chi connectivity index (χ4v) is 1.35. The summed E-state index contributed by atoms with van der Waals surface area (Å²) in [6.45, 7) is 0. The molecule has 3 nitrogen and oxygen atoms in total. The number of halogens is 1. The summed E-state index contributed by atoms with van der Waals surface area (Å²) in [6.07, 6.45) is 0. The first kappa shape index (κ1) is 9.70. The molecule has 1 aromatic rings. The van der Waals surface area contributed by atoms with Crippen molar-refractivity contribution >= 4 is 27.3 Å². The summed E-state index contributed by atoms with van der Waals surface area (Å²) in [4.78, 5) is 0. The quantitative estimate of drug-likeness (QED) is 0.606. The van der Waals surface area contributed by atoms with Crippen LogP contribution in [0.2, 0.25) is 0 Å². The molecule has 1 atom stereocenters. The Morgan fingerprint density at radius 2 is 2.00 bits per heavy atom. The van der Waals surface area contributed by atoms with Crippen molar-refractivity contribution in [1.29, 1.82) is 0 Å². The van der Waals surface area contributed by atoms with Crippen LogP contribution < -0.4 is 4.18 Å². The van der Waals surface area contributed by atoms with Crippen LogP contribution >= 0.6 is 15.9 Å². The smallest absolute Gasteiger partial charge is 0.139 e. The van der Waals surface area contributed by atoms with Crippen molar-refractivity contribution in [3.05, 3.63) is 29.8 Å². The summed E-state index contributed by atoms with van der Waals surface area (Å²) in [7, 11) is 0. The molecule has 1 rings (SSSR count). The van der Waals surface area contributed by atoms with Crippen LogP contribution in [0.4, 0.5) is 0 Å². The molecular formula is C7H6BrO3S-. The van der Waals surface area contributed by atoms with E-state index in [0.29, 0.717) is 5.75 Å². The van der Waals surface area contributed by atoms with Crippen molar-refractivity contribution < 1.29 is 12.9 Å². The maximum atomic E-state index is 10.1. The average Bonchev–Trinajstić information content (AvgIpc) is 2.05. The van der Waals surface area contributed by atoms with E-state index < -0.39 is 11.4 Å². The molecule has 0 radical (unpaired) electrons. The van der Waals surface area contributed by atoms with Crippen molar-refractivity contribution in [3.63, 3.8) is 0 Å². The van der Waals surface area contributed by atoms with Crippen LogP contribution in [0.15, 0.2) is 24.3 Å². The van der Waals surface area contributed by atoms with Gasteiger partial charge in [0.1, 0.15) is 17.1 Å². The fraction of sp³-hybridized carbons (Fsp3) is 0.143. The molecule has 0 saturated heterocycles. The van der Waals surface area contributed by atoms with Crippen LogP contribution in [0.5, 0.6) is 5.75 Å². The summed E-state index contributed by atoms with van der Waals surface area (Å²) in [5.74, 6) is 0.327. The van der Waals surface area contributed by atoms with E-state index in [0.717, 1.165) is 10.9 Å². The second-order valence-electron chi connectivity index (χ2n) is 2.07. The maximum Gasteiger partial charge on any atom is 0.139 e. The third kappa shape index (κ3) is 2.92. The molecule has 0 spiro atoms. The van der Waals surface area contributed by atoms with Crippen molar-refractivity contribution in [2.24, 2.45) is 0 Å². The van der Waals surface area contributed by atoms with Gasteiger partial charge in [0, 0.05) is 5.33 Å². The van der Waals surface area contributed by atoms with Gasteiger partial charge in [-0.25, -0.2) is 4.21 Å². The van der Waals surface area contributed by atoms with E-state index in [2.05, 4.69) is 20.1 Å². The van der Waals surface area contributed by atoms with Crippen molar-refractivity contribution in [3.8, 4) is 5.75 Å². The molecule has 0 aliphatic heterocycles. The summed E-state index contributed by atoms with van der Waals surface area (Å²) < 4.78 is 24.6. The third-order valence-electron chi connectivity index (χ3n) is 1.24. The molecule has 0 fully saturated rings. The van der Waals surface area contributed by atoms with Gasteiger partial charge in [-0.2, -0.15) is 0 Å². The van der Waals surface area contributed by atoms with Crippen LogP contribution in [0.1, 0.15) is 5.56 Å². The molecule has 1 aromatic carbocycles. The zero-order chi connectivity index (χ0) is 8.97. The van der Waals surface area contributed by atoms with E-state index in [9.17, 15) is 8.76 Å². The molecule has 0 amide bonds. The molecule has 0 heterocycles. The molecule has 66 valence electrons. The molecule has 0 saturated carbocycles. The van der Waals surface area contributed by atoms with Gasteiger partial charge >= 0.3 is 0 Å². The Kier molecular flexibility index (Phi) is 3.71. The molecule has 0 aliphatic carbocycles. The zero-order valence-corrected chi connectivity index (χ0v) is 8.43. The Hall–Kier alpha value is -0.390. The fourth-order valence-electron chi connectivity index (χ4n) is 0.713. The van der Waals surface area contributed by atoms with Crippen molar-refractivity contribution in [2.45, 2.75) is 5.33 Å². The lowest BCUT2D eigenvalue weighted by molar-refractivity contribution is 0.440. The molecule has 0 aliphatic rings. The molecule has 1 unspecified atom stereocenters. The highest BCUT2D eigenvalue weighted by Crippen LogP contribution is 2.14. The SMILES string of the molecule is O=S([O-])Oc1ccc(CBr)cc1. The minimum atomic E-state index is -2.49. The normalized spacial score (nSPS) is 12.5. The number of benzene rings is 1. The van der Waals surface area contributed by atoms with Gasteiger partial charge in [-0.1, -0.05) is 28.1 Å². The molecule has 0 bridgehead atoms. The summed E-state index contributed by atoms with van der Waals surface area (Å²) in [6, 6.07) is 6.78. The maximum absolute atomic E-state index is 10.1. The van der Waals surface area contributed by atoms with E-state index in [1.54, 1.807) is 24.3 Å². The van der Waals surface area contributed by atoms with Gasteiger partial charge in [0.2, 0.25) is 0 Å². The number of rotatable bonds is 3. The van der Waals surface area contributed by atoms with Gasteiger partial charge in [-0.15, -0.1) is 0 Å². The first-order chi connectivity index (χ1) is 5.72. The van der Waals surface area contributed by atoms with Gasteiger partial charge < -0.3 is 8.74 Å². The highest BCUT2D eigenvalue weighted by Gasteiger charge is 1.93. The van der Waals surface area contributed by atoms with Gasteiger partial charge in [-0.05, 0) is 17.7 Å². The van der Waals surface area contributed by atoms with Crippen molar-refractivity contribution in [1.82, 2.24) is 0 Å². The largest absolute Gasteiger partial charge is 0.740 e. The van der Waals surface area contributed by atoms with E-state index in [1.807, 2.05) is 0 Å². The first-order valence-electron chi connectivity index (χ1n) is 3.15. The minimum Gasteiger partial charge on any atom is -0.740 e. The minimum absolute atomic E-state index is 0.327. The second-order valence-corrected chi connectivity index (χ2v) is 3.20. The second kappa shape index (κ2) is 4.59. The summed E-state index contributed by atoms with van der Waals surface area (Å²) >= 11 is 0.784. The molecule has 0 aromatic heterocycles. The standard InChI is InChI=1S/C7H7BrO3S/c8-5-6-1-3-7(4-2-6)11-12(9)10/h1-4H,5H2,(H,9,10)/p-1. The molecule has 12 heavy (non-hydrogen) atoms. The lowest BCUT2D eigenvalue weighted by Crippen LogP contribution is -1.97. The van der Waals surface area contributed by atoms with Gasteiger partial charge in [-0.3, -0.25) is 0 Å². The van der Waals surface area contributed by atoms with Crippen LogP contribution in [0.3, 0.4) is 0 Å². The molecule has 0 N–H and O–H groups in total. The van der Waals surface area contributed by atoms with E-state index >= 15 is 0 Å². The number of hydrogen-bond acceptors (Lipinski definition) is 3. The van der Waals surface area contributed by atoms with Gasteiger partial charge in [0.25, 0.3) is 0 Å². The number of alkyl halides is 1. The lowest BCUT2D eigenvalue weighted by atomic mass is 10.2. The van der Waals surface area contributed by atoms with Crippen LogP contribution in [-0.2, 0) is 16.7 Å². The van der Waals surface area contributed by atoms with Crippen molar-refractivity contribution in [2.75, 3.05) is 0 Å². The van der Waals surface area contributed by atoms with E-state index in [4.69, 9.17) is 0 Å². The predicted octanol–water partition coefficient (Wildman–Crippen LogP) is 1.75. The first-order valence-corrected chi connectivity index (χ1v) is 5.27. The zero-order valence-electron chi connectivity index (χ0n) is 6.03. The predicted molar refractivity (Wildman–Crippen MR) is 48.6 cm³/mol. The average molecular weight is 250 g/mol. The monoisotopic (exact) mass is 249 g/mol. The van der Waals surface area contributed by atoms with E-state index in [-0.39, 0.29) is 0 Å². The van der Waals surface area contributed by atoms with Crippen LogP contribution in [0.25, 0.3) is 0 Å². The third-order valence-corrected chi connectivity index (χ3v) is 2.22. The summed E-state index contributed by atoms with van der Waals surface area (Å²) in [5.41, 5.74) is 1.07. The highest BCUT2D eigenvalue weighted by atomic mass is 79.9. The lowest BCUT2D eigenvalue weighted by Gasteiger charge is -2.06. The van der Waals surface area contributed by atoms with Crippen LogP contribution in [-0.4, -0.2) is 8.76 Å². The number of hydrogen-bond donors (Lipinski definition) is 0. The Morgan fingerprint density at radius 1 is 1.42 bits per heavy atom. The summed E-state index contributed by atoms with van der Waals surface area (Å²) in [5, 5.41) is 0.744. The Labute approximate surface area is 81.4 Å². The van der Waals surface area contributed by atoms with Crippen LogP contribution in [0, 0.1) is 0 Å². The Balaban J connectivity index is 2.71. The van der Waals surface area contributed by atoms with E-state index in [1.165, 1.54) is 0 Å².